The van der Waals surface area contributed by atoms with Crippen molar-refractivity contribution in [3.05, 3.63) is 64.8 Å². The van der Waals surface area contributed by atoms with Gasteiger partial charge < -0.3 is 14.6 Å². The van der Waals surface area contributed by atoms with Gasteiger partial charge in [-0.3, -0.25) is 4.39 Å². The number of alkyl halides is 1. The first-order chi connectivity index (χ1) is 14.7. The summed E-state index contributed by atoms with van der Waals surface area (Å²) in [5, 5.41) is 1.36. The lowest BCUT2D eigenvalue weighted by Gasteiger charge is -2.34. The van der Waals surface area contributed by atoms with Crippen LogP contribution in [0, 0.1) is 0 Å². The van der Waals surface area contributed by atoms with Crippen LogP contribution in [-0.2, 0) is 12.8 Å². The van der Waals surface area contributed by atoms with Crippen LogP contribution >= 0.6 is 24.0 Å². The topological polar surface area (TPSA) is 28.3 Å². The van der Waals surface area contributed by atoms with Crippen LogP contribution in [0.5, 0.6) is 5.75 Å². The Labute approximate surface area is 188 Å². The van der Waals surface area contributed by atoms with Gasteiger partial charge in [0, 0.05) is 28.9 Å². The van der Waals surface area contributed by atoms with Crippen LogP contribution in [0.2, 0.25) is 0 Å². The number of nitrogens with zero attached hydrogens (tertiary/aromatic N) is 1. The van der Waals surface area contributed by atoms with Crippen molar-refractivity contribution < 1.29 is 9.13 Å². The summed E-state index contributed by atoms with van der Waals surface area (Å²) in [4.78, 5) is 5.92. The van der Waals surface area contributed by atoms with E-state index in [2.05, 4.69) is 47.1 Å². The fraction of sp³-hybridized carbons (Fsp3) is 0.375. The molecule has 0 radical (unpaired) electrons. The Kier molecular flexibility index (Phi) is 8.16. The maximum atomic E-state index is 11.0. The van der Waals surface area contributed by atoms with Crippen molar-refractivity contribution in [3.8, 4) is 5.75 Å². The molecule has 0 saturated heterocycles. The van der Waals surface area contributed by atoms with Crippen LogP contribution in [0.25, 0.3) is 10.9 Å². The summed E-state index contributed by atoms with van der Waals surface area (Å²) in [6.45, 7) is 2.95. The van der Waals surface area contributed by atoms with E-state index in [0.29, 0.717) is 5.75 Å². The minimum Gasteiger partial charge on any atom is -0.497 e. The highest BCUT2D eigenvalue weighted by molar-refractivity contribution is 7.98. The molecule has 0 fully saturated rings. The zero-order chi connectivity index (χ0) is 21.5. The molecule has 30 heavy (non-hydrogen) atoms. The van der Waals surface area contributed by atoms with Crippen molar-refractivity contribution in [1.29, 1.82) is 0 Å². The van der Waals surface area contributed by atoms with E-state index < -0.39 is 0 Å². The molecule has 1 unspecified atom stereocenters. The van der Waals surface area contributed by atoms with Gasteiger partial charge in [0.1, 0.15) is 5.75 Å². The summed E-state index contributed by atoms with van der Waals surface area (Å²) in [6.07, 6.45) is 3.96. The van der Waals surface area contributed by atoms with Crippen LogP contribution in [-0.4, -0.2) is 47.7 Å². The van der Waals surface area contributed by atoms with E-state index >= 15 is 0 Å². The molecule has 6 heteroatoms. The van der Waals surface area contributed by atoms with Gasteiger partial charge in [-0.05, 0) is 60.1 Å². The van der Waals surface area contributed by atoms with Gasteiger partial charge in [0.15, 0.2) is 0 Å². The minimum atomic E-state index is -0.193. The number of fused-ring (bicyclic) bond motifs is 3. The largest absolute Gasteiger partial charge is 0.497 e. The summed E-state index contributed by atoms with van der Waals surface area (Å²) in [5.41, 5.74) is 8.31. The molecule has 160 valence electrons. The molecular weight excluding hydrogens is 415 g/mol. The lowest BCUT2D eigenvalue weighted by atomic mass is 9.92. The highest BCUT2D eigenvalue weighted by atomic mass is 32.2. The van der Waals surface area contributed by atoms with Gasteiger partial charge in [-0.25, -0.2) is 0 Å². The second kappa shape index (κ2) is 10.8. The number of benzene rings is 2. The van der Waals surface area contributed by atoms with Crippen molar-refractivity contribution in [2.75, 3.05) is 32.3 Å². The molecule has 1 aliphatic heterocycles. The molecule has 0 aliphatic carbocycles. The molecule has 2 heterocycles. The quantitative estimate of drug-likeness (QED) is 0.475. The highest BCUT2D eigenvalue weighted by Crippen LogP contribution is 2.38. The highest BCUT2D eigenvalue weighted by Gasteiger charge is 2.30. The first kappa shape index (κ1) is 22.6. The van der Waals surface area contributed by atoms with Gasteiger partial charge in [0.2, 0.25) is 0 Å². The van der Waals surface area contributed by atoms with Gasteiger partial charge in [-0.1, -0.05) is 37.3 Å². The van der Waals surface area contributed by atoms with Crippen molar-refractivity contribution in [2.45, 2.75) is 25.8 Å². The van der Waals surface area contributed by atoms with Crippen molar-refractivity contribution in [3.63, 3.8) is 0 Å². The number of methoxy groups -OCH3 is 1. The van der Waals surface area contributed by atoms with E-state index in [9.17, 15) is 4.39 Å². The third-order valence-electron chi connectivity index (χ3n) is 5.49. The summed E-state index contributed by atoms with van der Waals surface area (Å²) < 4.78 is 16.3. The number of aromatic amines is 1. The van der Waals surface area contributed by atoms with E-state index in [1.54, 1.807) is 12.6 Å². The zero-order valence-electron chi connectivity index (χ0n) is 17.8. The van der Waals surface area contributed by atoms with Crippen molar-refractivity contribution in [1.82, 2.24) is 9.88 Å². The number of rotatable bonds is 6. The minimum absolute atomic E-state index is 0.129. The van der Waals surface area contributed by atoms with Crippen LogP contribution in [0.1, 0.15) is 35.3 Å². The Balaban J connectivity index is 0.000000461. The number of halogens is 1. The number of H-pyrrole nitrogens is 1. The first-order valence-corrected chi connectivity index (χ1v) is 12.1. The molecule has 0 amide bonds. The van der Waals surface area contributed by atoms with Gasteiger partial charge in [0.25, 0.3) is 0 Å². The number of ether oxygens (including phenoxy) is 1. The van der Waals surface area contributed by atoms with Gasteiger partial charge in [0.05, 0.1) is 25.3 Å². The molecule has 1 aliphatic rings. The number of nitrogens with one attached hydrogen (secondary N) is 1. The fourth-order valence-electron chi connectivity index (χ4n) is 3.91. The summed E-state index contributed by atoms with van der Waals surface area (Å²) >= 11 is 6.84. The lowest BCUT2D eigenvalue weighted by Crippen LogP contribution is -2.34. The number of thioether (sulfide) groups is 1. The van der Waals surface area contributed by atoms with Gasteiger partial charge in [-0.15, -0.1) is 0 Å². The van der Waals surface area contributed by atoms with E-state index in [1.807, 2.05) is 18.4 Å². The predicted molar refractivity (Wildman–Crippen MR) is 131 cm³/mol. The maximum Gasteiger partial charge on any atom is 0.118 e. The summed E-state index contributed by atoms with van der Waals surface area (Å²) in [6, 6.07) is 15.2. The van der Waals surface area contributed by atoms with Crippen LogP contribution in [0.15, 0.2) is 42.5 Å². The molecule has 0 spiro atoms. The molecule has 3 aromatic rings. The first-order valence-electron chi connectivity index (χ1n) is 10.2. The third kappa shape index (κ3) is 4.81. The smallest absolute Gasteiger partial charge is 0.118 e. The molecule has 0 saturated carbocycles. The summed E-state index contributed by atoms with van der Waals surface area (Å²) in [5.74, 6) is 1.51. The Bertz CT molecular complexity index is 969. The molecular formula is C24H29FN2OS2. The lowest BCUT2D eigenvalue weighted by molar-refractivity contribution is 0.349. The average Bonchev–Trinajstić information content (AvgIpc) is 3.17. The Morgan fingerprint density at radius 3 is 2.60 bits per heavy atom. The maximum absolute atomic E-state index is 11.0. The normalized spacial score (nSPS) is 15.3. The second-order valence-electron chi connectivity index (χ2n) is 7.20. The molecule has 2 aromatic carbocycles. The molecule has 1 N–H and O–H groups in total. The van der Waals surface area contributed by atoms with Crippen molar-refractivity contribution in [2.24, 2.45) is 0 Å². The van der Waals surface area contributed by atoms with E-state index in [4.69, 9.17) is 17.0 Å². The number of hydrogen-bond donors (Lipinski definition) is 1. The van der Waals surface area contributed by atoms with Gasteiger partial charge >= 0.3 is 0 Å². The zero-order valence-corrected chi connectivity index (χ0v) is 19.4. The van der Waals surface area contributed by atoms with Crippen LogP contribution < -0.4 is 4.74 Å². The van der Waals surface area contributed by atoms with Crippen molar-refractivity contribution >= 4 is 40.4 Å². The Hall–Kier alpha value is -2.05. The third-order valence-corrected chi connectivity index (χ3v) is 6.32. The molecule has 0 bridgehead atoms. The Morgan fingerprint density at radius 2 is 2.03 bits per heavy atom. The van der Waals surface area contributed by atoms with E-state index in [0.717, 1.165) is 25.1 Å². The Morgan fingerprint density at radius 1 is 1.27 bits per heavy atom. The number of aromatic nitrogens is 1. The molecule has 1 atom stereocenters. The molecule has 1 aromatic heterocycles. The average molecular weight is 445 g/mol. The van der Waals surface area contributed by atoms with Crippen LogP contribution in [0.4, 0.5) is 4.39 Å². The SMILES string of the molecule is CCc1ccc2[nH]c3c(c2c1)CCN(C=S)C3c1ccc(OC)cc1.CSCCF. The molecule has 3 nitrogen and oxygen atoms in total. The predicted octanol–water partition coefficient (Wildman–Crippen LogP) is 5.96. The number of aryl methyl sites for hydroxylation is 1. The number of hydrogen-bond acceptors (Lipinski definition) is 3. The second-order valence-corrected chi connectivity index (χ2v) is 8.40. The van der Waals surface area contributed by atoms with E-state index in [1.165, 1.54) is 45.0 Å². The van der Waals surface area contributed by atoms with E-state index in [-0.39, 0.29) is 12.7 Å². The monoisotopic (exact) mass is 444 g/mol. The van der Waals surface area contributed by atoms with Crippen LogP contribution in [0.3, 0.4) is 0 Å². The molecule has 4 rings (SSSR count). The fourth-order valence-corrected chi connectivity index (χ4v) is 4.29. The van der Waals surface area contributed by atoms with Gasteiger partial charge in [-0.2, -0.15) is 11.8 Å². The summed E-state index contributed by atoms with van der Waals surface area (Å²) in [7, 11) is 1.69. The number of thiocarbonyl (C=S) groups is 1. The standard InChI is InChI=1S/C21H22N2OS.C3H7FS/c1-3-14-4-9-19-18(12-14)17-10-11-23(13-25)21(20(17)22-19)15-5-7-16(24-2)8-6-15;1-5-3-2-4/h4-9,12-13,21-22H,3,10-11H2,1-2H3;2-3H2,1H3.